The summed E-state index contributed by atoms with van der Waals surface area (Å²) in [6.45, 7) is 6.84. The normalized spacial score (nSPS) is 16.1. The Morgan fingerprint density at radius 2 is 2.10 bits per heavy atom. The number of nitrogens with zero attached hydrogens (tertiary/aromatic N) is 4. The fraction of sp³-hybridized carbons (Fsp3) is 0.500. The maximum Gasteiger partial charge on any atom is 0.410 e. The van der Waals surface area contributed by atoms with E-state index in [1.165, 1.54) is 0 Å². The molecule has 6 nitrogen and oxygen atoms in total. The Bertz CT molecular complexity index is 686. The second-order valence-electron chi connectivity index (χ2n) is 6.20. The van der Waals surface area contributed by atoms with Gasteiger partial charge < -0.3 is 14.2 Å². The summed E-state index contributed by atoms with van der Waals surface area (Å²) in [5, 5.41) is 8.23. The van der Waals surface area contributed by atoms with Gasteiger partial charge in [0, 0.05) is 25.4 Å². The van der Waals surface area contributed by atoms with Gasteiger partial charge in [-0.05, 0) is 26.8 Å². The first kappa shape index (κ1) is 14.1. The zero-order valence-electron chi connectivity index (χ0n) is 12.2. The van der Waals surface area contributed by atoms with Gasteiger partial charge in [0.15, 0.2) is 5.15 Å². The molecule has 0 radical (unpaired) electrons. The lowest BCUT2D eigenvalue weighted by atomic mass is 10.1. The van der Waals surface area contributed by atoms with Gasteiger partial charge in [-0.3, -0.25) is 0 Å². The second kappa shape index (κ2) is 4.87. The van der Waals surface area contributed by atoms with Crippen LogP contribution in [-0.2, 0) is 4.74 Å². The van der Waals surface area contributed by atoms with Crippen LogP contribution in [0.4, 0.5) is 4.79 Å². The number of likely N-dealkylation sites (tertiary alicyclic amines) is 1. The number of aromatic nitrogens is 3. The largest absolute Gasteiger partial charge is 0.444 e. The average Bonchev–Trinajstić information content (AvgIpc) is 2.68. The zero-order chi connectivity index (χ0) is 15.2. The molecule has 0 aromatic carbocycles. The van der Waals surface area contributed by atoms with Crippen molar-refractivity contribution in [3.8, 4) is 0 Å². The molecule has 0 atom stereocenters. The van der Waals surface area contributed by atoms with Crippen molar-refractivity contribution < 1.29 is 9.53 Å². The molecule has 0 bridgehead atoms. The molecule has 0 N–H and O–H groups in total. The van der Waals surface area contributed by atoms with Crippen LogP contribution in [0.5, 0.6) is 0 Å². The number of carbonyl (C=O) groups is 1. The molecule has 1 aliphatic rings. The van der Waals surface area contributed by atoms with E-state index in [-0.39, 0.29) is 12.1 Å². The van der Waals surface area contributed by atoms with Crippen molar-refractivity contribution in [3.63, 3.8) is 0 Å². The third-order valence-electron chi connectivity index (χ3n) is 3.35. The van der Waals surface area contributed by atoms with E-state index in [1.54, 1.807) is 11.0 Å². The van der Waals surface area contributed by atoms with Crippen LogP contribution >= 0.6 is 11.6 Å². The van der Waals surface area contributed by atoms with Crippen molar-refractivity contribution >= 4 is 28.7 Å². The molecule has 1 saturated heterocycles. The van der Waals surface area contributed by atoms with Gasteiger partial charge in [-0.25, -0.2) is 4.79 Å². The Morgan fingerprint density at radius 1 is 1.38 bits per heavy atom. The molecule has 2 aromatic heterocycles. The molecule has 0 aliphatic carbocycles. The van der Waals surface area contributed by atoms with E-state index in [9.17, 15) is 4.79 Å². The van der Waals surface area contributed by atoms with E-state index in [2.05, 4.69) is 14.8 Å². The first-order valence-electron chi connectivity index (χ1n) is 6.81. The molecule has 3 heterocycles. The second-order valence-corrected chi connectivity index (χ2v) is 6.59. The minimum absolute atomic E-state index is 0.218. The first-order valence-corrected chi connectivity index (χ1v) is 7.19. The third-order valence-corrected chi connectivity index (χ3v) is 3.53. The lowest BCUT2D eigenvalue weighted by molar-refractivity contribution is 0.00158. The van der Waals surface area contributed by atoms with Gasteiger partial charge >= 0.3 is 6.09 Å². The number of amides is 1. The summed E-state index contributed by atoms with van der Waals surface area (Å²) in [6, 6.07) is 3.91. The Balaban J connectivity index is 1.70. The Hall–Kier alpha value is -1.82. The molecule has 0 saturated carbocycles. The van der Waals surface area contributed by atoms with Gasteiger partial charge in [0.1, 0.15) is 11.1 Å². The van der Waals surface area contributed by atoms with Crippen LogP contribution in [-0.4, -0.2) is 44.4 Å². The molecular formula is C14H17ClN4O2. The highest BCUT2D eigenvalue weighted by molar-refractivity contribution is 6.29. The zero-order valence-corrected chi connectivity index (χ0v) is 13.0. The lowest BCUT2D eigenvalue weighted by Crippen LogP contribution is -2.52. The van der Waals surface area contributed by atoms with Crippen LogP contribution < -0.4 is 0 Å². The minimum Gasteiger partial charge on any atom is -0.444 e. The number of hydrogen-bond donors (Lipinski definition) is 0. The van der Waals surface area contributed by atoms with Gasteiger partial charge in [0.2, 0.25) is 0 Å². The Labute approximate surface area is 127 Å². The van der Waals surface area contributed by atoms with Crippen molar-refractivity contribution in [1.82, 2.24) is 19.7 Å². The number of fused-ring (bicyclic) bond motifs is 1. The fourth-order valence-electron chi connectivity index (χ4n) is 2.35. The summed E-state index contributed by atoms with van der Waals surface area (Å²) < 4.78 is 7.43. The molecule has 112 valence electrons. The van der Waals surface area contributed by atoms with Crippen molar-refractivity contribution in [3.05, 3.63) is 23.5 Å². The lowest BCUT2D eigenvalue weighted by Gasteiger charge is -2.40. The van der Waals surface area contributed by atoms with Gasteiger partial charge in [0.05, 0.1) is 11.6 Å². The van der Waals surface area contributed by atoms with Crippen molar-refractivity contribution in [2.75, 3.05) is 13.1 Å². The van der Waals surface area contributed by atoms with E-state index in [4.69, 9.17) is 16.3 Å². The predicted octanol–water partition coefficient (Wildman–Crippen LogP) is 2.88. The first-order chi connectivity index (χ1) is 9.83. The highest BCUT2D eigenvalue weighted by Crippen LogP contribution is 2.28. The maximum atomic E-state index is 11.9. The van der Waals surface area contributed by atoms with Crippen LogP contribution in [0.3, 0.4) is 0 Å². The topological polar surface area (TPSA) is 60.2 Å². The van der Waals surface area contributed by atoms with Gasteiger partial charge in [-0.1, -0.05) is 11.6 Å². The van der Waals surface area contributed by atoms with Crippen molar-refractivity contribution in [2.45, 2.75) is 32.4 Å². The molecule has 1 aliphatic heterocycles. The number of carbonyl (C=O) groups excluding carboxylic acids is 1. The molecule has 1 amide bonds. The summed E-state index contributed by atoms with van der Waals surface area (Å²) in [5.41, 5.74) is 1.27. The summed E-state index contributed by atoms with van der Waals surface area (Å²) in [6.07, 6.45) is 1.68. The highest BCUT2D eigenvalue weighted by atomic mass is 35.5. The average molecular weight is 309 g/mol. The monoisotopic (exact) mass is 308 g/mol. The Morgan fingerprint density at radius 3 is 2.76 bits per heavy atom. The van der Waals surface area contributed by atoms with E-state index >= 15 is 0 Å². The number of ether oxygens (including phenoxy) is 1. The van der Waals surface area contributed by atoms with Crippen molar-refractivity contribution in [1.29, 1.82) is 0 Å². The molecule has 2 aromatic rings. The van der Waals surface area contributed by atoms with E-state index in [1.807, 2.05) is 33.0 Å². The van der Waals surface area contributed by atoms with Crippen LogP contribution in [0.15, 0.2) is 18.3 Å². The van der Waals surface area contributed by atoms with E-state index in [0.717, 1.165) is 11.0 Å². The molecule has 0 spiro atoms. The number of rotatable bonds is 1. The minimum atomic E-state index is -0.467. The quantitative estimate of drug-likeness (QED) is 0.812. The fourth-order valence-corrected chi connectivity index (χ4v) is 2.49. The molecule has 7 heteroatoms. The molecular weight excluding hydrogens is 292 g/mol. The summed E-state index contributed by atoms with van der Waals surface area (Å²) >= 11 is 5.89. The molecule has 3 rings (SSSR count). The van der Waals surface area contributed by atoms with Crippen LogP contribution in [0.1, 0.15) is 26.8 Å². The third kappa shape index (κ3) is 2.81. The maximum absolute atomic E-state index is 11.9. The van der Waals surface area contributed by atoms with Gasteiger partial charge in [-0.15, -0.1) is 10.2 Å². The molecule has 1 fully saturated rings. The van der Waals surface area contributed by atoms with E-state index in [0.29, 0.717) is 18.2 Å². The summed E-state index contributed by atoms with van der Waals surface area (Å²) in [5.74, 6) is 0. The molecule has 21 heavy (non-hydrogen) atoms. The predicted molar refractivity (Wildman–Crippen MR) is 79.4 cm³/mol. The number of halogens is 1. The van der Waals surface area contributed by atoms with Crippen LogP contribution in [0.2, 0.25) is 5.15 Å². The van der Waals surface area contributed by atoms with Gasteiger partial charge in [-0.2, -0.15) is 0 Å². The van der Waals surface area contributed by atoms with Gasteiger partial charge in [0.25, 0.3) is 0 Å². The molecule has 0 unspecified atom stereocenters. The number of hydrogen-bond acceptors (Lipinski definition) is 4. The smallest absolute Gasteiger partial charge is 0.410 e. The van der Waals surface area contributed by atoms with Crippen molar-refractivity contribution in [2.24, 2.45) is 0 Å². The standard InChI is InChI=1S/C14H17ClN4O2/c1-14(2,3)21-13(20)18-7-9(8-18)19-5-4-10-11(19)6-12(15)17-16-10/h4-6,9H,7-8H2,1-3H3. The SMILES string of the molecule is CC(C)(C)OC(=O)N1CC(n2ccc3nnc(Cl)cc32)C1. The summed E-state index contributed by atoms with van der Waals surface area (Å²) in [7, 11) is 0. The van der Waals surface area contributed by atoms with Crippen LogP contribution in [0.25, 0.3) is 11.0 Å². The Kier molecular flexibility index (Phi) is 3.28. The highest BCUT2D eigenvalue weighted by Gasteiger charge is 2.35. The van der Waals surface area contributed by atoms with Crippen LogP contribution in [0, 0.1) is 0 Å². The summed E-state index contributed by atoms with van der Waals surface area (Å²) in [4.78, 5) is 13.6. The van der Waals surface area contributed by atoms with E-state index < -0.39 is 5.60 Å².